The zero-order valence-corrected chi connectivity index (χ0v) is 14.4. The van der Waals surface area contributed by atoms with Gasteiger partial charge in [0.2, 0.25) is 0 Å². The number of rotatable bonds is 5. The van der Waals surface area contributed by atoms with Crippen LogP contribution in [0.5, 0.6) is 0 Å². The van der Waals surface area contributed by atoms with Gasteiger partial charge in [0.1, 0.15) is 0 Å². The van der Waals surface area contributed by atoms with Crippen molar-refractivity contribution in [3.05, 3.63) is 59.6 Å². The predicted molar refractivity (Wildman–Crippen MR) is 96.8 cm³/mol. The van der Waals surface area contributed by atoms with Crippen molar-refractivity contribution in [2.75, 3.05) is 29.9 Å². The number of amides is 1. The molecular formula is C19H21N3O4. The first kappa shape index (κ1) is 17.7. The molecular weight excluding hydrogens is 334 g/mol. The molecule has 0 unspecified atom stereocenters. The maximum Gasteiger partial charge on any atom is 0.339 e. The number of aromatic nitrogens is 1. The summed E-state index contributed by atoms with van der Waals surface area (Å²) in [4.78, 5) is 26.1. The average Bonchev–Trinajstić information content (AvgIpc) is 2.68. The molecule has 1 fully saturated rings. The zero-order chi connectivity index (χ0) is 18.4. The number of carbonyl (C=O) groups excluding carboxylic acids is 2. The van der Waals surface area contributed by atoms with Gasteiger partial charge in [0, 0.05) is 36.6 Å². The fourth-order valence-electron chi connectivity index (χ4n) is 2.87. The number of hydrogen-bond donors (Lipinski definition) is 1. The number of carbonyl (C=O) groups is 2. The molecule has 3 rings (SSSR count). The standard InChI is InChI=1S/C19H21N3O4/c23-18(14-26-19(24)15-8-12-22(25)13-9-15)20-16-4-6-17(7-5-16)21-10-2-1-3-11-21/h4-9,12-13H,1-3,10-11,14H2,(H,20,23). The van der Waals surface area contributed by atoms with Gasteiger partial charge in [-0.05, 0) is 43.5 Å². The molecule has 1 aliphatic heterocycles. The van der Waals surface area contributed by atoms with Crippen LogP contribution in [0.3, 0.4) is 0 Å². The summed E-state index contributed by atoms with van der Waals surface area (Å²) >= 11 is 0. The van der Waals surface area contributed by atoms with E-state index in [4.69, 9.17) is 4.74 Å². The number of esters is 1. The first-order chi connectivity index (χ1) is 12.6. The SMILES string of the molecule is O=C(COC(=O)c1cc[n+]([O-])cc1)Nc1ccc(N2CCCCC2)cc1. The Balaban J connectivity index is 1.48. The minimum absolute atomic E-state index is 0.218. The monoisotopic (exact) mass is 355 g/mol. The summed E-state index contributed by atoms with van der Waals surface area (Å²) in [5.74, 6) is -1.07. The summed E-state index contributed by atoms with van der Waals surface area (Å²) in [6, 6.07) is 10.3. The van der Waals surface area contributed by atoms with E-state index in [1.165, 1.54) is 43.8 Å². The number of benzene rings is 1. The van der Waals surface area contributed by atoms with Crippen molar-refractivity contribution in [3.63, 3.8) is 0 Å². The third kappa shape index (κ3) is 4.72. The van der Waals surface area contributed by atoms with E-state index in [0.717, 1.165) is 18.8 Å². The lowest BCUT2D eigenvalue weighted by molar-refractivity contribution is -0.605. The molecule has 2 heterocycles. The summed E-state index contributed by atoms with van der Waals surface area (Å²) in [6.07, 6.45) is 6.09. The van der Waals surface area contributed by atoms with Gasteiger partial charge in [0.05, 0.1) is 5.56 Å². The Bertz CT molecular complexity index is 753. The van der Waals surface area contributed by atoms with Gasteiger partial charge in [-0.3, -0.25) is 4.79 Å². The quantitative estimate of drug-likeness (QED) is 0.504. The van der Waals surface area contributed by atoms with Crippen molar-refractivity contribution >= 4 is 23.3 Å². The second-order valence-corrected chi connectivity index (χ2v) is 6.17. The number of hydrogen-bond acceptors (Lipinski definition) is 5. The lowest BCUT2D eigenvalue weighted by Gasteiger charge is -2.28. The molecule has 0 saturated carbocycles. The first-order valence-corrected chi connectivity index (χ1v) is 8.63. The minimum Gasteiger partial charge on any atom is -0.619 e. The van der Waals surface area contributed by atoms with E-state index >= 15 is 0 Å². The third-order valence-corrected chi connectivity index (χ3v) is 4.24. The molecule has 1 saturated heterocycles. The van der Waals surface area contributed by atoms with Gasteiger partial charge in [-0.1, -0.05) is 0 Å². The van der Waals surface area contributed by atoms with Crippen molar-refractivity contribution in [2.24, 2.45) is 0 Å². The Morgan fingerprint density at radius 3 is 2.35 bits per heavy atom. The van der Waals surface area contributed by atoms with Crippen LogP contribution in [-0.2, 0) is 9.53 Å². The fraction of sp³-hybridized carbons (Fsp3) is 0.316. The summed E-state index contributed by atoms with van der Waals surface area (Å²) in [7, 11) is 0. The molecule has 1 aromatic carbocycles. The van der Waals surface area contributed by atoms with Gasteiger partial charge in [0.25, 0.3) is 5.91 Å². The Morgan fingerprint density at radius 1 is 1.04 bits per heavy atom. The molecule has 0 atom stereocenters. The van der Waals surface area contributed by atoms with Gasteiger partial charge in [-0.25, -0.2) is 4.79 Å². The van der Waals surface area contributed by atoms with E-state index < -0.39 is 11.9 Å². The van der Waals surface area contributed by atoms with Crippen LogP contribution in [0.1, 0.15) is 29.6 Å². The summed E-state index contributed by atoms with van der Waals surface area (Å²) in [6.45, 7) is 1.74. The van der Waals surface area contributed by atoms with E-state index in [1.807, 2.05) is 24.3 Å². The van der Waals surface area contributed by atoms with E-state index in [2.05, 4.69) is 10.2 Å². The van der Waals surface area contributed by atoms with E-state index in [0.29, 0.717) is 10.4 Å². The van der Waals surface area contributed by atoms with Gasteiger partial charge in [-0.15, -0.1) is 0 Å². The smallest absolute Gasteiger partial charge is 0.339 e. The molecule has 0 aliphatic carbocycles. The van der Waals surface area contributed by atoms with Crippen LogP contribution in [0, 0.1) is 5.21 Å². The molecule has 26 heavy (non-hydrogen) atoms. The predicted octanol–water partition coefficient (Wildman–Crippen LogP) is 2.11. The van der Waals surface area contributed by atoms with E-state index in [-0.39, 0.29) is 12.2 Å². The topological polar surface area (TPSA) is 85.6 Å². The number of anilines is 2. The van der Waals surface area contributed by atoms with Crippen molar-refractivity contribution in [2.45, 2.75) is 19.3 Å². The van der Waals surface area contributed by atoms with Crippen LogP contribution in [0.15, 0.2) is 48.8 Å². The number of pyridine rings is 1. The Hall–Kier alpha value is -3.09. The molecule has 0 bridgehead atoms. The van der Waals surface area contributed by atoms with E-state index in [1.54, 1.807) is 0 Å². The van der Waals surface area contributed by atoms with Gasteiger partial charge in [-0.2, -0.15) is 4.73 Å². The molecule has 2 aromatic rings. The third-order valence-electron chi connectivity index (χ3n) is 4.24. The molecule has 7 nitrogen and oxygen atoms in total. The number of piperidine rings is 1. The Morgan fingerprint density at radius 2 is 1.69 bits per heavy atom. The molecule has 1 aliphatic rings. The molecule has 1 N–H and O–H groups in total. The number of nitrogens with zero attached hydrogens (tertiary/aromatic N) is 2. The molecule has 7 heteroatoms. The van der Waals surface area contributed by atoms with Gasteiger partial charge in [0.15, 0.2) is 19.0 Å². The Kier molecular flexibility index (Phi) is 5.68. The lowest BCUT2D eigenvalue weighted by atomic mass is 10.1. The second-order valence-electron chi connectivity index (χ2n) is 6.17. The normalized spacial score (nSPS) is 13.9. The van der Waals surface area contributed by atoms with Crippen molar-refractivity contribution in [1.29, 1.82) is 0 Å². The summed E-state index contributed by atoms with van der Waals surface area (Å²) in [5, 5.41) is 13.6. The average molecular weight is 355 g/mol. The highest BCUT2D eigenvalue weighted by molar-refractivity contribution is 5.95. The van der Waals surface area contributed by atoms with Gasteiger partial charge < -0.3 is 20.2 Å². The van der Waals surface area contributed by atoms with Crippen LogP contribution >= 0.6 is 0 Å². The molecule has 0 radical (unpaired) electrons. The van der Waals surface area contributed by atoms with Crippen LogP contribution < -0.4 is 14.9 Å². The number of nitrogens with one attached hydrogen (secondary N) is 1. The maximum absolute atomic E-state index is 11.9. The molecule has 0 spiro atoms. The second kappa shape index (κ2) is 8.33. The van der Waals surface area contributed by atoms with E-state index in [9.17, 15) is 14.8 Å². The fourth-order valence-corrected chi connectivity index (χ4v) is 2.87. The maximum atomic E-state index is 11.9. The van der Waals surface area contributed by atoms with Crippen LogP contribution in [0.2, 0.25) is 0 Å². The van der Waals surface area contributed by atoms with Crippen LogP contribution in [-0.4, -0.2) is 31.6 Å². The van der Waals surface area contributed by atoms with Gasteiger partial charge >= 0.3 is 5.97 Å². The van der Waals surface area contributed by atoms with Crippen LogP contribution in [0.4, 0.5) is 11.4 Å². The highest BCUT2D eigenvalue weighted by Crippen LogP contribution is 2.21. The summed E-state index contributed by atoms with van der Waals surface area (Å²) in [5.41, 5.74) is 2.02. The number of ether oxygens (including phenoxy) is 1. The van der Waals surface area contributed by atoms with Crippen molar-refractivity contribution in [3.8, 4) is 0 Å². The minimum atomic E-state index is -0.652. The van der Waals surface area contributed by atoms with Crippen LogP contribution in [0.25, 0.3) is 0 Å². The molecule has 1 amide bonds. The first-order valence-electron chi connectivity index (χ1n) is 8.63. The zero-order valence-electron chi connectivity index (χ0n) is 14.4. The molecule has 136 valence electrons. The lowest BCUT2D eigenvalue weighted by Crippen LogP contribution is -2.29. The van der Waals surface area contributed by atoms with Crippen molar-refractivity contribution < 1.29 is 19.1 Å². The highest BCUT2D eigenvalue weighted by Gasteiger charge is 2.13. The Labute approximate surface area is 151 Å². The van der Waals surface area contributed by atoms with Crippen molar-refractivity contribution in [1.82, 2.24) is 0 Å². The molecule has 1 aromatic heterocycles. The highest BCUT2D eigenvalue weighted by atomic mass is 16.5. The largest absolute Gasteiger partial charge is 0.619 e. The summed E-state index contributed by atoms with van der Waals surface area (Å²) < 4.78 is 5.52.